The molecule has 4 heteroatoms. The summed E-state index contributed by atoms with van der Waals surface area (Å²) in [7, 11) is 0. The van der Waals surface area contributed by atoms with E-state index in [1.54, 1.807) is 6.20 Å². The third-order valence-electron chi connectivity index (χ3n) is 2.43. The summed E-state index contributed by atoms with van der Waals surface area (Å²) in [5.74, 6) is 0.753. The Labute approximate surface area is 77.7 Å². The lowest BCUT2D eigenvalue weighted by atomic mass is 10.0. The average Bonchev–Trinajstić information content (AvgIpc) is 2.69. The third kappa shape index (κ3) is 2.45. The largest absolute Gasteiger partial charge is 0.382 e. The molecule has 0 radical (unpaired) electrons. The highest BCUT2D eigenvalue weighted by Crippen LogP contribution is 2.15. The summed E-state index contributed by atoms with van der Waals surface area (Å²) in [5, 5.41) is 10.00. The number of nitrogens with one attached hydrogen (secondary N) is 2. The highest BCUT2D eigenvalue weighted by molar-refractivity contribution is 5.37. The van der Waals surface area contributed by atoms with Crippen molar-refractivity contribution in [1.82, 2.24) is 10.2 Å². The second kappa shape index (κ2) is 4.28. The second-order valence-electron chi connectivity index (χ2n) is 3.42. The maximum atomic E-state index is 5.29. The molecule has 0 aliphatic carbocycles. The van der Waals surface area contributed by atoms with Crippen molar-refractivity contribution in [3.05, 3.63) is 12.4 Å². The van der Waals surface area contributed by atoms with Crippen molar-refractivity contribution in [1.29, 1.82) is 0 Å². The fraction of sp³-hybridized carbons (Fsp3) is 0.667. The summed E-state index contributed by atoms with van der Waals surface area (Å²) in [6.07, 6.45) is 6.02. The molecular formula is C9H15N3O. The van der Waals surface area contributed by atoms with Gasteiger partial charge in [0.2, 0.25) is 0 Å². The minimum Gasteiger partial charge on any atom is -0.382 e. The van der Waals surface area contributed by atoms with Crippen LogP contribution in [0.25, 0.3) is 0 Å². The summed E-state index contributed by atoms with van der Waals surface area (Å²) < 4.78 is 5.29. The van der Waals surface area contributed by atoms with Gasteiger partial charge in [-0.25, -0.2) is 0 Å². The lowest BCUT2D eigenvalue weighted by Crippen LogP contribution is -2.22. The molecule has 1 saturated heterocycles. The minimum absolute atomic E-state index is 0.753. The van der Waals surface area contributed by atoms with E-state index in [4.69, 9.17) is 4.74 Å². The standard InChI is InChI=1S/C9H15N3O/c1-3-13-4-2-8(1)5-10-9-6-11-12-7-9/h6-8,10H,1-5H2,(H,11,12). The molecule has 2 rings (SSSR count). The summed E-state index contributed by atoms with van der Waals surface area (Å²) in [5.41, 5.74) is 1.08. The molecule has 1 aliphatic rings. The van der Waals surface area contributed by atoms with Gasteiger partial charge in [-0.2, -0.15) is 5.10 Å². The molecule has 2 N–H and O–H groups in total. The van der Waals surface area contributed by atoms with Gasteiger partial charge in [0.05, 0.1) is 11.9 Å². The van der Waals surface area contributed by atoms with E-state index in [-0.39, 0.29) is 0 Å². The van der Waals surface area contributed by atoms with Gasteiger partial charge >= 0.3 is 0 Å². The molecule has 1 aromatic heterocycles. The van der Waals surface area contributed by atoms with Crippen LogP contribution in [-0.4, -0.2) is 30.0 Å². The van der Waals surface area contributed by atoms with Crippen LogP contribution in [0, 0.1) is 5.92 Å². The Bertz CT molecular complexity index is 229. The summed E-state index contributed by atoms with van der Waals surface area (Å²) in [4.78, 5) is 0. The van der Waals surface area contributed by atoms with Gasteiger partial charge in [-0.15, -0.1) is 0 Å². The van der Waals surface area contributed by atoms with Crippen molar-refractivity contribution < 1.29 is 4.74 Å². The number of ether oxygens (including phenoxy) is 1. The van der Waals surface area contributed by atoms with Gasteiger partial charge < -0.3 is 10.1 Å². The first-order valence-electron chi connectivity index (χ1n) is 4.75. The molecule has 2 heterocycles. The SMILES string of the molecule is c1n[nH]cc1NCC1CCOCC1. The van der Waals surface area contributed by atoms with E-state index in [9.17, 15) is 0 Å². The van der Waals surface area contributed by atoms with Crippen LogP contribution < -0.4 is 5.32 Å². The Morgan fingerprint density at radius 3 is 3.08 bits per heavy atom. The third-order valence-corrected chi connectivity index (χ3v) is 2.43. The van der Waals surface area contributed by atoms with E-state index >= 15 is 0 Å². The van der Waals surface area contributed by atoms with Crippen molar-refractivity contribution in [2.75, 3.05) is 25.1 Å². The Kier molecular flexibility index (Phi) is 2.82. The van der Waals surface area contributed by atoms with Crippen LogP contribution >= 0.6 is 0 Å². The molecule has 1 fully saturated rings. The monoisotopic (exact) mass is 181 g/mol. The number of rotatable bonds is 3. The van der Waals surface area contributed by atoms with Crippen molar-refractivity contribution in [3.8, 4) is 0 Å². The summed E-state index contributed by atoms with van der Waals surface area (Å²) in [6.45, 7) is 2.86. The molecular weight excluding hydrogens is 166 g/mol. The number of hydrogen-bond donors (Lipinski definition) is 2. The zero-order valence-electron chi connectivity index (χ0n) is 7.62. The lowest BCUT2D eigenvalue weighted by Gasteiger charge is -2.22. The number of anilines is 1. The first kappa shape index (κ1) is 8.56. The highest BCUT2D eigenvalue weighted by atomic mass is 16.5. The maximum Gasteiger partial charge on any atom is 0.0723 e. The normalized spacial score (nSPS) is 18.8. The van der Waals surface area contributed by atoms with Gasteiger partial charge in [-0.05, 0) is 18.8 Å². The summed E-state index contributed by atoms with van der Waals surface area (Å²) >= 11 is 0. The van der Waals surface area contributed by atoms with Crippen LogP contribution in [-0.2, 0) is 4.74 Å². The van der Waals surface area contributed by atoms with Crippen molar-refractivity contribution >= 4 is 5.69 Å². The molecule has 0 amide bonds. The Morgan fingerprint density at radius 1 is 1.54 bits per heavy atom. The first-order chi connectivity index (χ1) is 6.45. The predicted molar refractivity (Wildman–Crippen MR) is 50.6 cm³/mol. The van der Waals surface area contributed by atoms with E-state index < -0.39 is 0 Å². The van der Waals surface area contributed by atoms with Gasteiger partial charge in [0.25, 0.3) is 0 Å². The second-order valence-corrected chi connectivity index (χ2v) is 3.42. The van der Waals surface area contributed by atoms with Gasteiger partial charge in [-0.3, -0.25) is 5.10 Å². The van der Waals surface area contributed by atoms with Crippen LogP contribution in [0.4, 0.5) is 5.69 Å². The number of aromatic nitrogens is 2. The molecule has 0 unspecified atom stereocenters. The molecule has 13 heavy (non-hydrogen) atoms. The number of H-pyrrole nitrogens is 1. The molecule has 1 aliphatic heterocycles. The van der Waals surface area contributed by atoms with E-state index in [0.29, 0.717) is 0 Å². The van der Waals surface area contributed by atoms with Crippen LogP contribution in [0.15, 0.2) is 12.4 Å². The molecule has 0 aromatic carbocycles. The Hall–Kier alpha value is -1.03. The van der Waals surface area contributed by atoms with E-state index in [0.717, 1.165) is 31.4 Å². The Balaban J connectivity index is 1.72. The van der Waals surface area contributed by atoms with Crippen LogP contribution in [0.3, 0.4) is 0 Å². The van der Waals surface area contributed by atoms with Gasteiger partial charge in [0.1, 0.15) is 0 Å². The molecule has 0 bridgehead atoms. The van der Waals surface area contributed by atoms with Gasteiger partial charge in [-0.1, -0.05) is 0 Å². The van der Waals surface area contributed by atoms with E-state index in [1.165, 1.54) is 12.8 Å². The average molecular weight is 181 g/mol. The lowest BCUT2D eigenvalue weighted by molar-refractivity contribution is 0.0699. The highest BCUT2D eigenvalue weighted by Gasteiger charge is 2.12. The smallest absolute Gasteiger partial charge is 0.0723 e. The van der Waals surface area contributed by atoms with Crippen molar-refractivity contribution in [2.24, 2.45) is 5.92 Å². The zero-order chi connectivity index (χ0) is 8.93. The quantitative estimate of drug-likeness (QED) is 0.737. The topological polar surface area (TPSA) is 49.9 Å². The number of nitrogens with zero attached hydrogens (tertiary/aromatic N) is 1. The molecule has 1 aromatic rings. The predicted octanol–water partition coefficient (Wildman–Crippen LogP) is 1.25. The fourth-order valence-electron chi connectivity index (χ4n) is 1.56. The van der Waals surface area contributed by atoms with Crippen LogP contribution in [0.5, 0.6) is 0 Å². The number of aromatic amines is 1. The molecule has 0 atom stereocenters. The van der Waals surface area contributed by atoms with Gasteiger partial charge in [0, 0.05) is 26.0 Å². The summed E-state index contributed by atoms with van der Waals surface area (Å²) in [6, 6.07) is 0. The van der Waals surface area contributed by atoms with Crippen molar-refractivity contribution in [2.45, 2.75) is 12.8 Å². The van der Waals surface area contributed by atoms with Crippen LogP contribution in [0.2, 0.25) is 0 Å². The van der Waals surface area contributed by atoms with Crippen LogP contribution in [0.1, 0.15) is 12.8 Å². The van der Waals surface area contributed by atoms with Gasteiger partial charge in [0.15, 0.2) is 0 Å². The zero-order valence-corrected chi connectivity index (χ0v) is 7.62. The molecule has 4 nitrogen and oxygen atoms in total. The Morgan fingerprint density at radius 2 is 2.38 bits per heavy atom. The molecule has 0 spiro atoms. The molecule has 0 saturated carbocycles. The minimum atomic E-state index is 0.753. The maximum absolute atomic E-state index is 5.29. The van der Waals surface area contributed by atoms with E-state index in [2.05, 4.69) is 15.5 Å². The van der Waals surface area contributed by atoms with E-state index in [1.807, 2.05) is 6.20 Å². The first-order valence-corrected chi connectivity index (χ1v) is 4.75. The number of hydrogen-bond acceptors (Lipinski definition) is 3. The van der Waals surface area contributed by atoms with Crippen molar-refractivity contribution in [3.63, 3.8) is 0 Å². The fourth-order valence-corrected chi connectivity index (χ4v) is 1.56. The molecule has 72 valence electrons.